The molecule has 0 aliphatic heterocycles. The van der Waals surface area contributed by atoms with Gasteiger partial charge in [-0.3, -0.25) is 4.79 Å². The topological polar surface area (TPSA) is 34.9 Å². The number of imidazole rings is 1. The van der Waals surface area contributed by atoms with Crippen LogP contribution in [0.1, 0.15) is 30.6 Å². The Bertz CT molecular complexity index is 575. The maximum atomic E-state index is 11.3. The van der Waals surface area contributed by atoms with E-state index in [1.807, 2.05) is 12.3 Å². The lowest BCUT2D eigenvalue weighted by Crippen LogP contribution is -1.99. The zero-order valence-electron chi connectivity index (χ0n) is 10.5. The predicted molar refractivity (Wildman–Crippen MR) is 73.0 cm³/mol. The number of Topliss-reactive ketones (excluding diaryl/α,β-unsaturated/α-hetero) is 1. The molecule has 0 aliphatic carbocycles. The SMILES string of the molecule is CCCn1ccnc1-c1ccc(C(C)=O)c(Cl)c1. The van der Waals surface area contributed by atoms with E-state index in [1.54, 1.807) is 18.3 Å². The molecule has 0 fully saturated rings. The van der Waals surface area contributed by atoms with Gasteiger partial charge >= 0.3 is 0 Å². The third kappa shape index (κ3) is 2.46. The standard InChI is InChI=1S/C14H15ClN2O/c1-3-7-17-8-6-16-14(17)11-4-5-12(10(2)18)13(15)9-11/h4-6,8-9H,3,7H2,1-2H3. The van der Waals surface area contributed by atoms with Crippen LogP contribution in [0.15, 0.2) is 30.6 Å². The lowest BCUT2D eigenvalue weighted by molar-refractivity contribution is 0.101. The zero-order chi connectivity index (χ0) is 13.1. The van der Waals surface area contributed by atoms with Crippen LogP contribution in [0.3, 0.4) is 0 Å². The Hall–Kier alpha value is -1.61. The summed E-state index contributed by atoms with van der Waals surface area (Å²) >= 11 is 6.11. The number of hydrogen-bond donors (Lipinski definition) is 0. The molecular formula is C14H15ClN2O. The highest BCUT2D eigenvalue weighted by molar-refractivity contribution is 6.34. The van der Waals surface area contributed by atoms with E-state index in [0.717, 1.165) is 24.4 Å². The van der Waals surface area contributed by atoms with Gasteiger partial charge in [-0.1, -0.05) is 24.6 Å². The Labute approximate surface area is 111 Å². The van der Waals surface area contributed by atoms with Gasteiger partial charge in [-0.15, -0.1) is 0 Å². The highest BCUT2D eigenvalue weighted by Gasteiger charge is 2.10. The second kappa shape index (κ2) is 5.36. The average Bonchev–Trinajstić information content (AvgIpc) is 2.77. The maximum Gasteiger partial charge on any atom is 0.161 e. The molecule has 18 heavy (non-hydrogen) atoms. The number of aryl methyl sites for hydroxylation is 1. The van der Waals surface area contributed by atoms with E-state index in [4.69, 9.17) is 11.6 Å². The molecule has 4 heteroatoms. The Kier molecular flexibility index (Phi) is 3.82. The molecule has 0 atom stereocenters. The first-order chi connectivity index (χ1) is 8.63. The summed E-state index contributed by atoms with van der Waals surface area (Å²) in [6.07, 6.45) is 4.77. The summed E-state index contributed by atoms with van der Waals surface area (Å²) < 4.78 is 2.08. The smallest absolute Gasteiger partial charge is 0.161 e. The predicted octanol–water partition coefficient (Wildman–Crippen LogP) is 3.82. The Balaban J connectivity index is 2.42. The summed E-state index contributed by atoms with van der Waals surface area (Å²) in [5.41, 5.74) is 1.48. The van der Waals surface area contributed by atoms with Gasteiger partial charge in [0.15, 0.2) is 5.78 Å². The fourth-order valence-electron chi connectivity index (χ4n) is 1.93. The third-order valence-corrected chi connectivity index (χ3v) is 3.10. The fraction of sp³-hybridized carbons (Fsp3) is 0.286. The molecule has 2 rings (SSSR count). The van der Waals surface area contributed by atoms with Crippen molar-refractivity contribution in [2.45, 2.75) is 26.8 Å². The third-order valence-electron chi connectivity index (χ3n) is 2.79. The van der Waals surface area contributed by atoms with Gasteiger partial charge in [-0.25, -0.2) is 4.98 Å². The van der Waals surface area contributed by atoms with Gasteiger partial charge in [-0.2, -0.15) is 0 Å². The van der Waals surface area contributed by atoms with Crippen molar-refractivity contribution in [2.24, 2.45) is 0 Å². The van der Waals surface area contributed by atoms with E-state index in [1.165, 1.54) is 6.92 Å². The van der Waals surface area contributed by atoms with Crippen LogP contribution < -0.4 is 0 Å². The van der Waals surface area contributed by atoms with Gasteiger partial charge in [0.25, 0.3) is 0 Å². The normalized spacial score (nSPS) is 10.6. The summed E-state index contributed by atoms with van der Waals surface area (Å²) in [4.78, 5) is 15.7. The van der Waals surface area contributed by atoms with Gasteiger partial charge in [0.2, 0.25) is 0 Å². The first-order valence-corrected chi connectivity index (χ1v) is 6.33. The van der Waals surface area contributed by atoms with Crippen LogP contribution in [0.25, 0.3) is 11.4 Å². The zero-order valence-corrected chi connectivity index (χ0v) is 11.2. The van der Waals surface area contributed by atoms with Crippen LogP contribution in [0.5, 0.6) is 0 Å². The van der Waals surface area contributed by atoms with Crippen molar-refractivity contribution in [3.8, 4) is 11.4 Å². The lowest BCUT2D eigenvalue weighted by atomic mass is 10.1. The number of nitrogens with zero attached hydrogens (tertiary/aromatic N) is 2. The van der Waals surface area contributed by atoms with Crippen molar-refractivity contribution in [1.82, 2.24) is 9.55 Å². The average molecular weight is 263 g/mol. The number of carbonyl (C=O) groups is 1. The lowest BCUT2D eigenvalue weighted by Gasteiger charge is -2.08. The van der Waals surface area contributed by atoms with E-state index in [9.17, 15) is 4.79 Å². The van der Waals surface area contributed by atoms with E-state index < -0.39 is 0 Å². The molecule has 0 amide bonds. The molecule has 94 valence electrons. The molecule has 0 saturated carbocycles. The fourth-order valence-corrected chi connectivity index (χ4v) is 2.24. The number of benzene rings is 1. The van der Waals surface area contributed by atoms with Crippen LogP contribution in [-0.4, -0.2) is 15.3 Å². The second-order valence-corrected chi connectivity index (χ2v) is 4.60. The molecule has 0 unspecified atom stereocenters. The summed E-state index contributed by atoms with van der Waals surface area (Å²) in [5.74, 6) is 0.859. The molecule has 0 spiro atoms. The first kappa shape index (κ1) is 12.8. The minimum Gasteiger partial charge on any atom is -0.331 e. The molecular weight excluding hydrogens is 248 g/mol. The van der Waals surface area contributed by atoms with Crippen LogP contribution in [0.4, 0.5) is 0 Å². The summed E-state index contributed by atoms with van der Waals surface area (Å²) in [5, 5.41) is 0.478. The summed E-state index contributed by atoms with van der Waals surface area (Å²) in [6.45, 7) is 4.55. The molecule has 1 heterocycles. The molecule has 3 nitrogen and oxygen atoms in total. The Morgan fingerprint density at radius 2 is 2.22 bits per heavy atom. The van der Waals surface area contributed by atoms with Crippen LogP contribution >= 0.6 is 11.6 Å². The van der Waals surface area contributed by atoms with E-state index >= 15 is 0 Å². The van der Waals surface area contributed by atoms with Gasteiger partial charge in [0.1, 0.15) is 5.82 Å². The molecule has 0 N–H and O–H groups in total. The molecule has 0 bridgehead atoms. The number of aromatic nitrogens is 2. The number of hydrogen-bond acceptors (Lipinski definition) is 2. The van der Waals surface area contributed by atoms with Crippen molar-refractivity contribution < 1.29 is 4.79 Å². The molecule has 1 aromatic carbocycles. The number of halogens is 1. The number of rotatable bonds is 4. The molecule has 0 saturated heterocycles. The number of ketones is 1. The van der Waals surface area contributed by atoms with E-state index in [0.29, 0.717) is 10.6 Å². The van der Waals surface area contributed by atoms with Gasteiger partial charge in [0, 0.05) is 30.1 Å². The van der Waals surface area contributed by atoms with Crippen LogP contribution in [0, 0.1) is 0 Å². The molecule has 1 aromatic heterocycles. The maximum absolute atomic E-state index is 11.3. The first-order valence-electron chi connectivity index (χ1n) is 5.95. The Morgan fingerprint density at radius 1 is 1.44 bits per heavy atom. The van der Waals surface area contributed by atoms with Gasteiger partial charge < -0.3 is 4.57 Å². The molecule has 0 radical (unpaired) electrons. The van der Waals surface area contributed by atoms with Gasteiger partial charge in [0.05, 0.1) is 5.02 Å². The molecule has 0 aliphatic rings. The van der Waals surface area contributed by atoms with Crippen molar-refractivity contribution >= 4 is 17.4 Å². The highest BCUT2D eigenvalue weighted by atomic mass is 35.5. The van der Waals surface area contributed by atoms with Gasteiger partial charge in [-0.05, 0) is 25.5 Å². The van der Waals surface area contributed by atoms with Crippen molar-refractivity contribution in [2.75, 3.05) is 0 Å². The van der Waals surface area contributed by atoms with Crippen LogP contribution in [0.2, 0.25) is 5.02 Å². The quantitative estimate of drug-likeness (QED) is 0.785. The second-order valence-electron chi connectivity index (χ2n) is 4.20. The highest BCUT2D eigenvalue weighted by Crippen LogP contribution is 2.25. The summed E-state index contributed by atoms with van der Waals surface area (Å²) in [6, 6.07) is 5.44. The van der Waals surface area contributed by atoms with Crippen molar-refractivity contribution in [3.05, 3.63) is 41.2 Å². The van der Waals surface area contributed by atoms with E-state index in [-0.39, 0.29) is 5.78 Å². The van der Waals surface area contributed by atoms with E-state index in [2.05, 4.69) is 16.5 Å². The van der Waals surface area contributed by atoms with Crippen molar-refractivity contribution in [3.63, 3.8) is 0 Å². The Morgan fingerprint density at radius 3 is 2.83 bits per heavy atom. The minimum atomic E-state index is -0.0246. The largest absolute Gasteiger partial charge is 0.331 e. The number of carbonyl (C=O) groups excluding carboxylic acids is 1. The summed E-state index contributed by atoms with van der Waals surface area (Å²) in [7, 11) is 0. The minimum absolute atomic E-state index is 0.0246. The van der Waals surface area contributed by atoms with Crippen LogP contribution in [-0.2, 0) is 6.54 Å². The molecule has 2 aromatic rings. The van der Waals surface area contributed by atoms with Crippen molar-refractivity contribution in [1.29, 1.82) is 0 Å². The monoisotopic (exact) mass is 262 g/mol.